The van der Waals surface area contributed by atoms with E-state index in [2.05, 4.69) is 15.6 Å². The topological polar surface area (TPSA) is 73.0 Å². The minimum atomic E-state index is -0.262. The molecule has 1 N–H and O–H groups in total. The maximum absolute atomic E-state index is 12.2. The van der Waals surface area contributed by atoms with Gasteiger partial charge in [-0.3, -0.25) is 9.48 Å². The Bertz CT molecular complexity index is 990. The van der Waals surface area contributed by atoms with Crippen molar-refractivity contribution in [2.45, 2.75) is 6.54 Å². The maximum Gasteiger partial charge on any atom is 0.273 e. The number of benzene rings is 1. The van der Waals surface area contributed by atoms with Crippen molar-refractivity contribution < 1.29 is 9.32 Å². The Morgan fingerprint density at radius 3 is 2.85 bits per heavy atom. The standard InChI is InChI=1S/C19H16N4O2S/c24-19(16-13-17(25-22-16)14-5-2-1-3-6-14)20-9-11-23-10-8-15(21-23)18-7-4-12-26-18/h1-8,10,12-13H,9,11H2,(H,20,24). The maximum atomic E-state index is 12.2. The molecule has 0 unspecified atom stereocenters. The molecule has 0 aliphatic carbocycles. The van der Waals surface area contributed by atoms with Crippen LogP contribution in [0.25, 0.3) is 21.9 Å². The van der Waals surface area contributed by atoms with Crippen LogP contribution in [0, 0.1) is 0 Å². The summed E-state index contributed by atoms with van der Waals surface area (Å²) in [6.45, 7) is 1.04. The molecular formula is C19H16N4O2S. The van der Waals surface area contributed by atoms with E-state index in [4.69, 9.17) is 4.52 Å². The molecule has 3 heterocycles. The zero-order chi connectivity index (χ0) is 17.8. The average Bonchev–Trinajstić information content (AvgIpc) is 3.42. The molecule has 0 aliphatic rings. The highest BCUT2D eigenvalue weighted by molar-refractivity contribution is 7.13. The van der Waals surface area contributed by atoms with Crippen molar-refractivity contribution in [3.63, 3.8) is 0 Å². The van der Waals surface area contributed by atoms with Crippen LogP contribution in [0.3, 0.4) is 0 Å². The van der Waals surface area contributed by atoms with Crippen LogP contribution in [0.5, 0.6) is 0 Å². The van der Waals surface area contributed by atoms with Gasteiger partial charge in [0, 0.05) is 24.4 Å². The lowest BCUT2D eigenvalue weighted by Gasteiger charge is -2.03. The van der Waals surface area contributed by atoms with Crippen molar-refractivity contribution in [2.75, 3.05) is 6.54 Å². The van der Waals surface area contributed by atoms with Crippen molar-refractivity contribution in [1.82, 2.24) is 20.3 Å². The van der Waals surface area contributed by atoms with Gasteiger partial charge in [-0.05, 0) is 17.5 Å². The van der Waals surface area contributed by atoms with E-state index in [-0.39, 0.29) is 11.6 Å². The molecular weight excluding hydrogens is 348 g/mol. The molecule has 1 amide bonds. The number of carbonyl (C=O) groups excluding carboxylic acids is 1. The van der Waals surface area contributed by atoms with Crippen LogP contribution in [-0.2, 0) is 6.54 Å². The second-order valence-electron chi connectivity index (χ2n) is 5.64. The van der Waals surface area contributed by atoms with E-state index in [0.717, 1.165) is 16.1 Å². The summed E-state index contributed by atoms with van der Waals surface area (Å²) in [5.41, 5.74) is 2.09. The third-order valence-corrected chi connectivity index (χ3v) is 4.73. The van der Waals surface area contributed by atoms with E-state index in [0.29, 0.717) is 18.8 Å². The Morgan fingerprint density at radius 1 is 1.15 bits per heavy atom. The van der Waals surface area contributed by atoms with Crippen LogP contribution in [0.2, 0.25) is 0 Å². The summed E-state index contributed by atoms with van der Waals surface area (Å²) in [4.78, 5) is 13.3. The van der Waals surface area contributed by atoms with Gasteiger partial charge in [0.05, 0.1) is 11.4 Å². The zero-order valence-electron chi connectivity index (χ0n) is 13.8. The van der Waals surface area contributed by atoms with Crippen LogP contribution in [0.1, 0.15) is 10.5 Å². The summed E-state index contributed by atoms with van der Waals surface area (Å²) < 4.78 is 7.07. The van der Waals surface area contributed by atoms with Gasteiger partial charge in [0.25, 0.3) is 5.91 Å². The monoisotopic (exact) mass is 364 g/mol. The van der Waals surface area contributed by atoms with Gasteiger partial charge in [0.15, 0.2) is 11.5 Å². The first-order valence-corrected chi connectivity index (χ1v) is 9.05. The number of aromatic nitrogens is 3. The summed E-state index contributed by atoms with van der Waals surface area (Å²) in [7, 11) is 0. The molecule has 0 spiro atoms. The second kappa shape index (κ2) is 7.37. The predicted molar refractivity (Wildman–Crippen MR) is 99.8 cm³/mol. The largest absolute Gasteiger partial charge is 0.355 e. The Labute approximate surface area is 154 Å². The summed E-state index contributed by atoms with van der Waals surface area (Å²) in [5, 5.41) is 13.2. The van der Waals surface area contributed by atoms with E-state index in [9.17, 15) is 4.79 Å². The fraction of sp³-hybridized carbons (Fsp3) is 0.105. The summed E-state index contributed by atoms with van der Waals surface area (Å²) in [6, 6.07) is 17.2. The molecule has 0 bridgehead atoms. The lowest BCUT2D eigenvalue weighted by Crippen LogP contribution is -2.27. The third kappa shape index (κ3) is 3.57. The molecule has 0 saturated heterocycles. The zero-order valence-corrected chi connectivity index (χ0v) is 14.6. The van der Waals surface area contributed by atoms with E-state index in [1.165, 1.54) is 0 Å². The fourth-order valence-electron chi connectivity index (χ4n) is 2.54. The molecule has 4 aromatic rings. The molecule has 0 fully saturated rings. The molecule has 3 aromatic heterocycles. The van der Waals surface area contributed by atoms with Gasteiger partial charge in [-0.15, -0.1) is 11.3 Å². The molecule has 7 heteroatoms. The van der Waals surface area contributed by atoms with E-state index in [1.54, 1.807) is 17.4 Å². The normalized spacial score (nSPS) is 10.8. The first-order valence-electron chi connectivity index (χ1n) is 8.17. The number of hydrogen-bond donors (Lipinski definition) is 1. The van der Waals surface area contributed by atoms with Crippen LogP contribution < -0.4 is 5.32 Å². The lowest BCUT2D eigenvalue weighted by molar-refractivity contribution is 0.0943. The highest BCUT2D eigenvalue weighted by atomic mass is 32.1. The van der Waals surface area contributed by atoms with Crippen molar-refractivity contribution in [1.29, 1.82) is 0 Å². The number of nitrogens with zero attached hydrogens (tertiary/aromatic N) is 3. The van der Waals surface area contributed by atoms with Gasteiger partial charge < -0.3 is 9.84 Å². The molecule has 26 heavy (non-hydrogen) atoms. The molecule has 0 atom stereocenters. The van der Waals surface area contributed by atoms with Crippen LogP contribution in [0.4, 0.5) is 0 Å². The second-order valence-corrected chi connectivity index (χ2v) is 6.59. The average molecular weight is 364 g/mol. The molecule has 0 saturated carbocycles. The molecule has 4 rings (SSSR count). The summed E-state index contributed by atoms with van der Waals surface area (Å²) in [5.74, 6) is 0.310. The predicted octanol–water partition coefficient (Wildman–Crippen LogP) is 3.70. The Kier molecular flexibility index (Phi) is 4.61. The first kappa shape index (κ1) is 16.3. The SMILES string of the molecule is O=C(NCCn1ccc(-c2cccs2)n1)c1cc(-c2ccccc2)on1. The van der Waals surface area contributed by atoms with Crippen LogP contribution in [0.15, 0.2) is 70.7 Å². The van der Waals surface area contributed by atoms with Crippen LogP contribution in [-0.4, -0.2) is 27.4 Å². The minimum absolute atomic E-state index is 0.262. The Morgan fingerprint density at radius 2 is 2.04 bits per heavy atom. The van der Waals surface area contributed by atoms with Gasteiger partial charge in [0.2, 0.25) is 0 Å². The van der Waals surface area contributed by atoms with Crippen molar-refractivity contribution >= 4 is 17.2 Å². The van der Waals surface area contributed by atoms with Crippen molar-refractivity contribution in [3.05, 3.63) is 71.9 Å². The highest BCUT2D eigenvalue weighted by Gasteiger charge is 2.13. The summed E-state index contributed by atoms with van der Waals surface area (Å²) in [6.07, 6.45) is 1.91. The Hall–Kier alpha value is -3.19. The van der Waals surface area contributed by atoms with E-state index >= 15 is 0 Å². The Balaban J connectivity index is 1.33. The lowest BCUT2D eigenvalue weighted by atomic mass is 10.1. The minimum Gasteiger partial charge on any atom is -0.355 e. The number of rotatable bonds is 6. The van der Waals surface area contributed by atoms with Crippen molar-refractivity contribution in [3.8, 4) is 21.9 Å². The molecule has 1 aromatic carbocycles. The number of carbonyl (C=O) groups is 1. The number of thiophene rings is 1. The third-order valence-electron chi connectivity index (χ3n) is 3.84. The van der Waals surface area contributed by atoms with Crippen molar-refractivity contribution in [2.24, 2.45) is 0 Å². The smallest absolute Gasteiger partial charge is 0.273 e. The van der Waals surface area contributed by atoms with Crippen LogP contribution >= 0.6 is 11.3 Å². The summed E-state index contributed by atoms with van der Waals surface area (Å²) >= 11 is 1.65. The van der Waals surface area contributed by atoms with Gasteiger partial charge in [-0.2, -0.15) is 5.10 Å². The van der Waals surface area contributed by atoms with E-state index in [1.807, 2.05) is 64.8 Å². The first-order chi connectivity index (χ1) is 12.8. The van der Waals surface area contributed by atoms with Gasteiger partial charge >= 0.3 is 0 Å². The quantitative estimate of drug-likeness (QED) is 0.566. The van der Waals surface area contributed by atoms with Gasteiger partial charge in [0.1, 0.15) is 5.69 Å². The van der Waals surface area contributed by atoms with E-state index < -0.39 is 0 Å². The molecule has 0 radical (unpaired) electrons. The fourth-order valence-corrected chi connectivity index (χ4v) is 3.23. The molecule has 0 aliphatic heterocycles. The molecule has 130 valence electrons. The number of amides is 1. The molecule has 6 nitrogen and oxygen atoms in total. The van der Waals surface area contributed by atoms with Gasteiger partial charge in [-0.25, -0.2) is 0 Å². The number of nitrogens with one attached hydrogen (secondary N) is 1. The number of hydrogen-bond acceptors (Lipinski definition) is 5. The highest BCUT2D eigenvalue weighted by Crippen LogP contribution is 2.22. The van der Waals surface area contributed by atoms with Gasteiger partial charge in [-0.1, -0.05) is 41.6 Å².